The van der Waals surface area contributed by atoms with Gasteiger partial charge in [0, 0.05) is 35.2 Å². The predicted octanol–water partition coefficient (Wildman–Crippen LogP) is -0.0529. The van der Waals surface area contributed by atoms with Crippen LogP contribution in [0.1, 0.15) is 0 Å². The second-order valence-corrected chi connectivity index (χ2v) is 3.12. The first kappa shape index (κ1) is 8.83. The molecule has 0 N–H and O–H groups in total. The molecule has 12 heavy (non-hydrogen) atoms. The van der Waals surface area contributed by atoms with Crippen LogP contribution in [0.5, 0.6) is 0 Å². The van der Waals surface area contributed by atoms with E-state index in [1.807, 2.05) is 45.0 Å². The number of anilines is 2. The first-order valence-corrected chi connectivity index (χ1v) is 3.78. The highest BCUT2D eigenvalue weighted by atomic mass is 15.5. The van der Waals surface area contributed by atoms with E-state index in [2.05, 4.69) is 10.1 Å². The molecule has 0 aliphatic rings. The summed E-state index contributed by atoms with van der Waals surface area (Å²) in [5, 5.41) is 4.22. The Bertz CT molecular complexity index is 263. The van der Waals surface area contributed by atoms with E-state index in [-0.39, 0.29) is 0 Å². The van der Waals surface area contributed by atoms with Crippen LogP contribution in [-0.2, 0) is 7.05 Å². The van der Waals surface area contributed by atoms with Crippen LogP contribution in [0.25, 0.3) is 0 Å². The standard InChI is InChI=1S/C7H15N5/c1-10(2)6-8-7(11(3)4)12(5)9-6/h1-5H3. The molecule has 0 fully saturated rings. The molecule has 0 aliphatic carbocycles. The van der Waals surface area contributed by atoms with Crippen LogP contribution in [0, 0.1) is 0 Å². The number of hydrogen-bond donors (Lipinski definition) is 0. The van der Waals surface area contributed by atoms with E-state index in [1.54, 1.807) is 4.68 Å². The first-order chi connectivity index (χ1) is 5.52. The molecule has 5 heteroatoms. The van der Waals surface area contributed by atoms with Crippen molar-refractivity contribution in [2.75, 3.05) is 38.0 Å². The van der Waals surface area contributed by atoms with Gasteiger partial charge in [0.15, 0.2) is 0 Å². The van der Waals surface area contributed by atoms with Gasteiger partial charge in [0.05, 0.1) is 0 Å². The molecule has 68 valence electrons. The fraction of sp³-hybridized carbons (Fsp3) is 0.714. The molecule has 0 saturated carbocycles. The summed E-state index contributed by atoms with van der Waals surface area (Å²) in [6.07, 6.45) is 0. The van der Waals surface area contributed by atoms with Gasteiger partial charge in [-0.1, -0.05) is 0 Å². The zero-order chi connectivity index (χ0) is 9.30. The SMILES string of the molecule is CN(C)c1nc(N(C)C)n(C)n1. The van der Waals surface area contributed by atoms with Crippen LogP contribution >= 0.6 is 0 Å². The Kier molecular flexibility index (Phi) is 2.21. The molecular formula is C7H15N5. The van der Waals surface area contributed by atoms with Crippen LogP contribution < -0.4 is 9.80 Å². The molecule has 1 rings (SSSR count). The molecule has 0 unspecified atom stereocenters. The van der Waals surface area contributed by atoms with Crippen molar-refractivity contribution in [3.63, 3.8) is 0 Å². The lowest BCUT2D eigenvalue weighted by Crippen LogP contribution is -2.14. The average molecular weight is 169 g/mol. The Morgan fingerprint density at radius 1 is 1.08 bits per heavy atom. The third-order valence-corrected chi connectivity index (χ3v) is 1.53. The summed E-state index contributed by atoms with van der Waals surface area (Å²) < 4.78 is 1.76. The molecule has 5 nitrogen and oxygen atoms in total. The molecule has 1 aromatic rings. The zero-order valence-electron chi connectivity index (χ0n) is 8.24. The molecule has 1 heterocycles. The first-order valence-electron chi connectivity index (χ1n) is 3.78. The van der Waals surface area contributed by atoms with Crippen LogP contribution in [0.2, 0.25) is 0 Å². The van der Waals surface area contributed by atoms with E-state index in [1.165, 1.54) is 0 Å². The monoisotopic (exact) mass is 169 g/mol. The van der Waals surface area contributed by atoms with Crippen molar-refractivity contribution in [2.24, 2.45) is 7.05 Å². The predicted molar refractivity (Wildman–Crippen MR) is 49.7 cm³/mol. The second-order valence-electron chi connectivity index (χ2n) is 3.12. The molecule has 0 aliphatic heterocycles. The molecule has 0 atom stereocenters. The summed E-state index contributed by atoms with van der Waals surface area (Å²) in [4.78, 5) is 8.12. The van der Waals surface area contributed by atoms with Gasteiger partial charge in [0.1, 0.15) is 0 Å². The molecule has 1 aromatic heterocycles. The van der Waals surface area contributed by atoms with Crippen molar-refractivity contribution in [1.82, 2.24) is 14.8 Å². The lowest BCUT2D eigenvalue weighted by Gasteiger charge is -2.08. The Balaban J connectivity index is 3.00. The zero-order valence-corrected chi connectivity index (χ0v) is 8.24. The van der Waals surface area contributed by atoms with Crippen molar-refractivity contribution in [3.8, 4) is 0 Å². The van der Waals surface area contributed by atoms with Gasteiger partial charge in [0.2, 0.25) is 11.9 Å². The van der Waals surface area contributed by atoms with E-state index >= 15 is 0 Å². The largest absolute Gasteiger partial charge is 0.347 e. The van der Waals surface area contributed by atoms with E-state index < -0.39 is 0 Å². The molecule has 0 spiro atoms. The molecule has 0 saturated heterocycles. The third kappa shape index (κ3) is 1.49. The van der Waals surface area contributed by atoms with Crippen molar-refractivity contribution < 1.29 is 0 Å². The fourth-order valence-corrected chi connectivity index (χ4v) is 0.942. The van der Waals surface area contributed by atoms with Gasteiger partial charge in [-0.25, -0.2) is 4.68 Å². The topological polar surface area (TPSA) is 37.2 Å². The smallest absolute Gasteiger partial charge is 0.246 e. The van der Waals surface area contributed by atoms with E-state index in [4.69, 9.17) is 0 Å². The van der Waals surface area contributed by atoms with Gasteiger partial charge in [-0.15, -0.1) is 5.10 Å². The van der Waals surface area contributed by atoms with Crippen molar-refractivity contribution in [2.45, 2.75) is 0 Å². The van der Waals surface area contributed by atoms with Gasteiger partial charge in [-0.05, 0) is 0 Å². The summed E-state index contributed by atoms with van der Waals surface area (Å²) in [5.74, 6) is 1.60. The van der Waals surface area contributed by atoms with E-state index in [9.17, 15) is 0 Å². The maximum absolute atomic E-state index is 4.31. The average Bonchev–Trinajstić information content (AvgIpc) is 2.30. The Hall–Kier alpha value is -1.26. The quantitative estimate of drug-likeness (QED) is 0.622. The minimum Gasteiger partial charge on any atom is -0.347 e. The Morgan fingerprint density at radius 3 is 1.92 bits per heavy atom. The minimum atomic E-state index is 0.737. The summed E-state index contributed by atoms with van der Waals surface area (Å²) in [6, 6.07) is 0. The van der Waals surface area contributed by atoms with Gasteiger partial charge in [-0.2, -0.15) is 4.98 Å². The highest BCUT2D eigenvalue weighted by Gasteiger charge is 2.08. The fourth-order valence-electron chi connectivity index (χ4n) is 0.942. The maximum atomic E-state index is 4.31. The molecular weight excluding hydrogens is 154 g/mol. The van der Waals surface area contributed by atoms with Crippen LogP contribution in [0.3, 0.4) is 0 Å². The molecule has 0 amide bonds. The third-order valence-electron chi connectivity index (χ3n) is 1.53. The highest BCUT2D eigenvalue weighted by Crippen LogP contribution is 2.10. The van der Waals surface area contributed by atoms with Crippen LogP contribution in [-0.4, -0.2) is 43.0 Å². The number of hydrogen-bond acceptors (Lipinski definition) is 4. The Morgan fingerprint density at radius 2 is 1.67 bits per heavy atom. The van der Waals surface area contributed by atoms with Crippen LogP contribution in [0.4, 0.5) is 11.9 Å². The number of aryl methyl sites for hydroxylation is 1. The normalized spacial score (nSPS) is 10.1. The van der Waals surface area contributed by atoms with Gasteiger partial charge in [0.25, 0.3) is 0 Å². The Labute approximate surface area is 72.6 Å². The second kappa shape index (κ2) is 3.00. The highest BCUT2D eigenvalue weighted by molar-refractivity contribution is 5.37. The number of nitrogens with zero attached hydrogens (tertiary/aromatic N) is 5. The minimum absolute atomic E-state index is 0.737. The maximum Gasteiger partial charge on any atom is 0.246 e. The molecule has 0 bridgehead atoms. The summed E-state index contributed by atoms with van der Waals surface area (Å²) in [5.41, 5.74) is 0. The summed E-state index contributed by atoms with van der Waals surface area (Å²) >= 11 is 0. The van der Waals surface area contributed by atoms with Crippen molar-refractivity contribution >= 4 is 11.9 Å². The summed E-state index contributed by atoms with van der Waals surface area (Å²) in [6.45, 7) is 0. The number of rotatable bonds is 2. The van der Waals surface area contributed by atoms with E-state index in [0.717, 1.165) is 11.9 Å². The van der Waals surface area contributed by atoms with Crippen molar-refractivity contribution in [1.29, 1.82) is 0 Å². The van der Waals surface area contributed by atoms with Gasteiger partial charge < -0.3 is 9.80 Å². The van der Waals surface area contributed by atoms with Gasteiger partial charge >= 0.3 is 0 Å². The summed E-state index contributed by atoms with van der Waals surface area (Å²) in [7, 11) is 9.63. The molecule has 0 aromatic carbocycles. The van der Waals surface area contributed by atoms with Crippen molar-refractivity contribution in [3.05, 3.63) is 0 Å². The molecule has 0 radical (unpaired) electrons. The lowest BCUT2D eigenvalue weighted by atomic mass is 10.8. The van der Waals surface area contributed by atoms with Gasteiger partial charge in [-0.3, -0.25) is 0 Å². The number of aromatic nitrogens is 3. The van der Waals surface area contributed by atoms with Crippen LogP contribution in [0.15, 0.2) is 0 Å². The van der Waals surface area contributed by atoms with E-state index in [0.29, 0.717) is 0 Å². The lowest BCUT2D eigenvalue weighted by molar-refractivity contribution is 0.748.